The highest BCUT2D eigenvalue weighted by molar-refractivity contribution is 5.97. The van der Waals surface area contributed by atoms with Crippen LogP contribution in [0.25, 0.3) is 11.5 Å². The van der Waals surface area contributed by atoms with Crippen LogP contribution in [0.3, 0.4) is 0 Å². The Morgan fingerprint density at radius 3 is 2.80 bits per heavy atom. The number of rotatable bonds is 5. The van der Waals surface area contributed by atoms with E-state index >= 15 is 0 Å². The number of ether oxygens (including phenoxy) is 1. The van der Waals surface area contributed by atoms with Gasteiger partial charge in [0, 0.05) is 12.5 Å². The number of pyridine rings is 1. The monoisotopic (exact) mass is 344 g/mol. The van der Waals surface area contributed by atoms with Gasteiger partial charge in [-0.15, -0.1) is 0 Å². The molecule has 0 spiro atoms. The highest BCUT2D eigenvalue weighted by Crippen LogP contribution is 2.21. The second-order valence-electron chi connectivity index (χ2n) is 6.07. The average molecular weight is 344 g/mol. The Morgan fingerprint density at radius 2 is 2.20 bits per heavy atom. The number of amides is 1. The zero-order valence-corrected chi connectivity index (χ0v) is 13.9. The molecule has 2 aromatic heterocycles. The molecule has 3 rings (SSSR count). The van der Waals surface area contributed by atoms with E-state index in [0.717, 1.165) is 6.42 Å². The molecular weight excluding hydrogens is 324 g/mol. The van der Waals surface area contributed by atoms with Crippen molar-refractivity contribution in [2.45, 2.75) is 25.8 Å². The molecule has 1 amide bonds. The molecule has 0 bridgehead atoms. The zero-order valence-electron chi connectivity index (χ0n) is 13.9. The molecule has 7 nitrogen and oxygen atoms in total. The quantitative estimate of drug-likeness (QED) is 0.863. The molecule has 0 radical (unpaired) electrons. The number of nitrogens with zero attached hydrogens (tertiary/aromatic N) is 1. The Labute approximate surface area is 145 Å². The van der Waals surface area contributed by atoms with Crippen LogP contribution in [0.1, 0.15) is 28.9 Å². The highest BCUT2D eigenvalue weighted by Gasteiger charge is 2.32. The molecule has 0 saturated carbocycles. The fourth-order valence-corrected chi connectivity index (χ4v) is 2.99. The van der Waals surface area contributed by atoms with Gasteiger partial charge >= 0.3 is 5.97 Å². The maximum absolute atomic E-state index is 12.5. The minimum absolute atomic E-state index is 0.231. The molecule has 0 aliphatic carbocycles. The van der Waals surface area contributed by atoms with E-state index in [9.17, 15) is 14.7 Å². The van der Waals surface area contributed by atoms with Gasteiger partial charge in [0.25, 0.3) is 5.91 Å². The Balaban J connectivity index is 1.76. The number of furan rings is 1. The fourth-order valence-electron chi connectivity index (χ4n) is 2.99. The zero-order chi connectivity index (χ0) is 17.8. The Kier molecular flexibility index (Phi) is 5.14. The number of aromatic nitrogens is 1. The number of carbonyl (C=O) groups excluding carboxylic acids is 1. The molecule has 1 aliphatic heterocycles. The van der Waals surface area contributed by atoms with Crippen molar-refractivity contribution in [3.63, 3.8) is 0 Å². The molecule has 2 atom stereocenters. The SMILES string of the molecule is Cc1nc(-c2ccco2)ccc1C(=O)NC(C(=O)O)C1CCCOC1. The van der Waals surface area contributed by atoms with Gasteiger partial charge in [-0.05, 0) is 44.0 Å². The summed E-state index contributed by atoms with van der Waals surface area (Å²) in [5, 5.41) is 12.1. The number of hydrogen-bond donors (Lipinski definition) is 2. The first-order chi connectivity index (χ1) is 12.1. The van der Waals surface area contributed by atoms with Gasteiger partial charge < -0.3 is 19.6 Å². The van der Waals surface area contributed by atoms with E-state index in [0.29, 0.717) is 42.3 Å². The Bertz CT molecular complexity index is 751. The van der Waals surface area contributed by atoms with Crippen molar-refractivity contribution >= 4 is 11.9 Å². The summed E-state index contributed by atoms with van der Waals surface area (Å²) in [6.07, 6.45) is 3.06. The largest absolute Gasteiger partial charge is 0.480 e. The van der Waals surface area contributed by atoms with Crippen molar-refractivity contribution in [3.05, 3.63) is 41.8 Å². The van der Waals surface area contributed by atoms with E-state index < -0.39 is 17.9 Å². The van der Waals surface area contributed by atoms with Crippen LogP contribution in [0.15, 0.2) is 34.9 Å². The van der Waals surface area contributed by atoms with Crippen LogP contribution >= 0.6 is 0 Å². The van der Waals surface area contributed by atoms with E-state index in [1.807, 2.05) is 0 Å². The third kappa shape index (κ3) is 3.88. The van der Waals surface area contributed by atoms with E-state index in [1.165, 1.54) is 0 Å². The van der Waals surface area contributed by atoms with Crippen molar-refractivity contribution in [1.82, 2.24) is 10.3 Å². The number of hydrogen-bond acceptors (Lipinski definition) is 5. The molecule has 1 saturated heterocycles. The third-order valence-corrected chi connectivity index (χ3v) is 4.32. The lowest BCUT2D eigenvalue weighted by molar-refractivity contribution is -0.142. The van der Waals surface area contributed by atoms with E-state index in [-0.39, 0.29) is 5.92 Å². The van der Waals surface area contributed by atoms with Gasteiger partial charge in [-0.3, -0.25) is 4.79 Å². The van der Waals surface area contributed by atoms with Crippen molar-refractivity contribution < 1.29 is 23.8 Å². The van der Waals surface area contributed by atoms with Crippen LogP contribution in [0, 0.1) is 12.8 Å². The van der Waals surface area contributed by atoms with Gasteiger partial charge in [0.2, 0.25) is 0 Å². The first-order valence-corrected chi connectivity index (χ1v) is 8.19. The van der Waals surface area contributed by atoms with Crippen LogP contribution < -0.4 is 5.32 Å². The predicted molar refractivity (Wildman–Crippen MR) is 89.1 cm³/mol. The molecule has 7 heteroatoms. The molecule has 25 heavy (non-hydrogen) atoms. The van der Waals surface area contributed by atoms with Crippen molar-refractivity contribution in [3.8, 4) is 11.5 Å². The second kappa shape index (κ2) is 7.48. The van der Waals surface area contributed by atoms with Crippen LogP contribution in [-0.2, 0) is 9.53 Å². The average Bonchev–Trinajstić information content (AvgIpc) is 3.14. The predicted octanol–water partition coefficient (Wildman–Crippen LogP) is 2.26. The normalized spacial score (nSPS) is 18.5. The number of carboxylic acid groups (broad SMARTS) is 1. The molecule has 1 fully saturated rings. The van der Waals surface area contributed by atoms with Crippen molar-refractivity contribution in [2.75, 3.05) is 13.2 Å². The Morgan fingerprint density at radius 1 is 1.36 bits per heavy atom. The van der Waals surface area contributed by atoms with E-state index in [2.05, 4.69) is 10.3 Å². The summed E-state index contributed by atoms with van der Waals surface area (Å²) in [7, 11) is 0. The number of carbonyl (C=O) groups is 2. The minimum Gasteiger partial charge on any atom is -0.480 e. The molecule has 1 aliphatic rings. The molecule has 132 valence electrons. The number of aryl methyl sites for hydroxylation is 1. The number of nitrogens with one attached hydrogen (secondary N) is 1. The van der Waals surface area contributed by atoms with Gasteiger partial charge in [0.05, 0.1) is 24.1 Å². The van der Waals surface area contributed by atoms with Crippen LogP contribution in [0.2, 0.25) is 0 Å². The lowest BCUT2D eigenvalue weighted by Gasteiger charge is -2.28. The lowest BCUT2D eigenvalue weighted by Crippen LogP contribution is -2.48. The van der Waals surface area contributed by atoms with Gasteiger partial charge in [-0.1, -0.05) is 0 Å². The van der Waals surface area contributed by atoms with Gasteiger partial charge in [0.15, 0.2) is 5.76 Å². The van der Waals surface area contributed by atoms with Crippen LogP contribution in [0.5, 0.6) is 0 Å². The number of aliphatic carboxylic acids is 1. The summed E-state index contributed by atoms with van der Waals surface area (Å²) >= 11 is 0. The molecule has 2 aromatic rings. The minimum atomic E-state index is -1.05. The molecular formula is C18H20N2O5. The molecule has 0 aromatic carbocycles. The summed E-state index contributed by atoms with van der Waals surface area (Å²) < 4.78 is 10.6. The first kappa shape index (κ1) is 17.2. The highest BCUT2D eigenvalue weighted by atomic mass is 16.5. The summed E-state index contributed by atoms with van der Waals surface area (Å²) in [6.45, 7) is 2.68. The standard InChI is InChI=1S/C18H20N2O5/c1-11-13(6-7-14(19-11)15-5-3-9-25-15)17(21)20-16(18(22)23)12-4-2-8-24-10-12/h3,5-7,9,12,16H,2,4,8,10H2,1H3,(H,20,21)(H,22,23). The summed E-state index contributed by atoms with van der Waals surface area (Å²) in [6, 6.07) is 5.88. The maximum atomic E-state index is 12.5. The lowest BCUT2D eigenvalue weighted by atomic mass is 9.93. The molecule has 2 N–H and O–H groups in total. The van der Waals surface area contributed by atoms with Crippen LogP contribution in [-0.4, -0.2) is 41.2 Å². The molecule has 2 unspecified atom stereocenters. The summed E-state index contributed by atoms with van der Waals surface area (Å²) in [4.78, 5) is 28.5. The van der Waals surface area contributed by atoms with Crippen molar-refractivity contribution in [2.24, 2.45) is 5.92 Å². The van der Waals surface area contributed by atoms with Gasteiger partial charge in [-0.25, -0.2) is 9.78 Å². The smallest absolute Gasteiger partial charge is 0.326 e. The second-order valence-corrected chi connectivity index (χ2v) is 6.07. The van der Waals surface area contributed by atoms with Crippen LogP contribution in [0.4, 0.5) is 0 Å². The number of carboxylic acids is 1. The van der Waals surface area contributed by atoms with Gasteiger partial charge in [0.1, 0.15) is 11.7 Å². The topological polar surface area (TPSA) is 102 Å². The molecule has 3 heterocycles. The Hall–Kier alpha value is -2.67. The summed E-state index contributed by atoms with van der Waals surface area (Å²) in [5.74, 6) is -1.13. The van der Waals surface area contributed by atoms with E-state index in [4.69, 9.17) is 9.15 Å². The van der Waals surface area contributed by atoms with Crippen molar-refractivity contribution in [1.29, 1.82) is 0 Å². The maximum Gasteiger partial charge on any atom is 0.326 e. The fraction of sp³-hybridized carbons (Fsp3) is 0.389. The van der Waals surface area contributed by atoms with Gasteiger partial charge in [-0.2, -0.15) is 0 Å². The first-order valence-electron chi connectivity index (χ1n) is 8.19. The third-order valence-electron chi connectivity index (χ3n) is 4.32. The summed E-state index contributed by atoms with van der Waals surface area (Å²) in [5.41, 5.74) is 1.48. The van der Waals surface area contributed by atoms with E-state index in [1.54, 1.807) is 37.5 Å².